The summed E-state index contributed by atoms with van der Waals surface area (Å²) in [6.45, 7) is 5.75. The van der Waals surface area contributed by atoms with Crippen molar-refractivity contribution in [1.82, 2.24) is 5.32 Å². The molecular weight excluding hydrogens is 218 g/mol. The van der Waals surface area contributed by atoms with Gasteiger partial charge in [-0.3, -0.25) is 0 Å². The van der Waals surface area contributed by atoms with Crippen molar-refractivity contribution in [2.24, 2.45) is 0 Å². The Balaban J connectivity index is 2.16. The zero-order chi connectivity index (χ0) is 12.8. The molecule has 2 rings (SSSR count). The zero-order valence-corrected chi connectivity index (χ0v) is 12.0. The SMILES string of the molecule is CCCC1(Cc2ccccc2C)CCCCCN1. The first-order chi connectivity index (χ1) is 8.76. The van der Waals surface area contributed by atoms with Crippen LogP contribution in [0.5, 0.6) is 0 Å². The summed E-state index contributed by atoms with van der Waals surface area (Å²) in [5, 5.41) is 3.87. The first kappa shape index (κ1) is 13.6. The Bertz CT molecular complexity index is 362. The molecule has 0 bridgehead atoms. The van der Waals surface area contributed by atoms with Gasteiger partial charge in [-0.25, -0.2) is 0 Å². The van der Waals surface area contributed by atoms with Gasteiger partial charge in [0.05, 0.1) is 0 Å². The number of aryl methyl sites for hydroxylation is 1. The molecule has 1 unspecified atom stereocenters. The second-order valence-corrected chi connectivity index (χ2v) is 5.87. The smallest absolute Gasteiger partial charge is 0.0221 e. The number of benzene rings is 1. The maximum atomic E-state index is 3.87. The Morgan fingerprint density at radius 1 is 1.17 bits per heavy atom. The van der Waals surface area contributed by atoms with Crippen LogP contribution < -0.4 is 5.32 Å². The van der Waals surface area contributed by atoms with E-state index in [0.717, 1.165) is 0 Å². The molecule has 1 atom stereocenters. The average molecular weight is 245 g/mol. The molecule has 1 saturated heterocycles. The van der Waals surface area contributed by atoms with E-state index in [-0.39, 0.29) is 0 Å². The Kier molecular flexibility index (Phi) is 4.82. The van der Waals surface area contributed by atoms with Crippen LogP contribution >= 0.6 is 0 Å². The highest BCUT2D eigenvalue weighted by molar-refractivity contribution is 5.27. The van der Waals surface area contributed by atoms with Gasteiger partial charge in [-0.05, 0) is 50.3 Å². The molecule has 100 valence electrons. The molecule has 0 aromatic heterocycles. The fourth-order valence-corrected chi connectivity index (χ4v) is 3.31. The van der Waals surface area contributed by atoms with E-state index in [2.05, 4.69) is 43.4 Å². The van der Waals surface area contributed by atoms with Crippen LogP contribution in [-0.4, -0.2) is 12.1 Å². The van der Waals surface area contributed by atoms with Crippen LogP contribution in [0.3, 0.4) is 0 Å². The van der Waals surface area contributed by atoms with Gasteiger partial charge in [0.1, 0.15) is 0 Å². The van der Waals surface area contributed by atoms with Gasteiger partial charge >= 0.3 is 0 Å². The first-order valence-electron chi connectivity index (χ1n) is 7.55. The Morgan fingerprint density at radius 2 is 2.00 bits per heavy atom. The summed E-state index contributed by atoms with van der Waals surface area (Å²) < 4.78 is 0. The summed E-state index contributed by atoms with van der Waals surface area (Å²) in [4.78, 5) is 0. The third-order valence-corrected chi connectivity index (χ3v) is 4.35. The van der Waals surface area contributed by atoms with Crippen LogP contribution in [0.1, 0.15) is 56.6 Å². The lowest BCUT2D eigenvalue weighted by atomic mass is 9.82. The molecule has 1 N–H and O–H groups in total. The number of nitrogens with one attached hydrogen (secondary N) is 1. The van der Waals surface area contributed by atoms with Crippen LogP contribution in [-0.2, 0) is 6.42 Å². The third-order valence-electron chi connectivity index (χ3n) is 4.35. The molecule has 0 spiro atoms. The molecule has 1 aliphatic heterocycles. The molecule has 0 saturated carbocycles. The topological polar surface area (TPSA) is 12.0 Å². The first-order valence-corrected chi connectivity index (χ1v) is 7.55. The molecule has 0 aliphatic carbocycles. The molecule has 1 aromatic carbocycles. The maximum absolute atomic E-state index is 3.87. The lowest BCUT2D eigenvalue weighted by Gasteiger charge is -2.34. The molecule has 1 heteroatoms. The molecule has 18 heavy (non-hydrogen) atoms. The van der Waals surface area contributed by atoms with Crippen molar-refractivity contribution in [3.05, 3.63) is 35.4 Å². The minimum atomic E-state index is 0.358. The molecule has 1 aromatic rings. The molecule has 1 nitrogen and oxygen atoms in total. The van der Waals surface area contributed by atoms with Gasteiger partial charge in [-0.2, -0.15) is 0 Å². The van der Waals surface area contributed by atoms with Gasteiger partial charge < -0.3 is 5.32 Å². The van der Waals surface area contributed by atoms with E-state index in [1.54, 1.807) is 0 Å². The molecular formula is C17H27N. The standard InChI is InChI=1S/C17H27N/c1-3-11-17(12-7-4-8-13-18-17)14-16-10-6-5-9-15(16)2/h5-6,9-10,18H,3-4,7-8,11-14H2,1-2H3. The van der Waals surface area contributed by atoms with Crippen LogP contribution in [0.4, 0.5) is 0 Å². The van der Waals surface area contributed by atoms with Crippen LogP contribution in [0.2, 0.25) is 0 Å². The predicted molar refractivity (Wildman–Crippen MR) is 79.0 cm³/mol. The van der Waals surface area contributed by atoms with Crippen LogP contribution in [0.25, 0.3) is 0 Å². The monoisotopic (exact) mass is 245 g/mol. The van der Waals surface area contributed by atoms with E-state index in [9.17, 15) is 0 Å². The lowest BCUT2D eigenvalue weighted by molar-refractivity contribution is 0.288. The van der Waals surface area contributed by atoms with Crippen molar-refractivity contribution in [3.8, 4) is 0 Å². The van der Waals surface area contributed by atoms with Gasteiger partial charge in [0.15, 0.2) is 0 Å². The van der Waals surface area contributed by atoms with E-state index in [4.69, 9.17) is 0 Å². The molecule has 0 amide bonds. The summed E-state index contributed by atoms with van der Waals surface area (Å²) in [6, 6.07) is 8.87. The lowest BCUT2D eigenvalue weighted by Crippen LogP contribution is -2.46. The van der Waals surface area contributed by atoms with Crippen molar-refractivity contribution in [2.45, 2.75) is 64.3 Å². The average Bonchev–Trinajstić information content (AvgIpc) is 2.59. The van der Waals surface area contributed by atoms with E-state index < -0.39 is 0 Å². The maximum Gasteiger partial charge on any atom is 0.0221 e. The second-order valence-electron chi connectivity index (χ2n) is 5.87. The Labute approximate surface area is 112 Å². The van der Waals surface area contributed by atoms with E-state index in [0.29, 0.717) is 5.54 Å². The number of hydrogen-bond donors (Lipinski definition) is 1. The van der Waals surface area contributed by atoms with E-state index in [1.165, 1.54) is 62.6 Å². The van der Waals surface area contributed by atoms with Crippen molar-refractivity contribution in [1.29, 1.82) is 0 Å². The summed E-state index contributed by atoms with van der Waals surface area (Å²) in [7, 11) is 0. The third kappa shape index (κ3) is 3.35. The summed E-state index contributed by atoms with van der Waals surface area (Å²) in [6.07, 6.45) is 9.26. The Morgan fingerprint density at radius 3 is 2.78 bits per heavy atom. The van der Waals surface area contributed by atoms with Crippen molar-refractivity contribution in [2.75, 3.05) is 6.54 Å². The van der Waals surface area contributed by atoms with Gasteiger partial charge in [0, 0.05) is 5.54 Å². The summed E-state index contributed by atoms with van der Waals surface area (Å²) in [5.74, 6) is 0. The molecule has 1 aliphatic rings. The van der Waals surface area contributed by atoms with Crippen LogP contribution in [0.15, 0.2) is 24.3 Å². The minimum Gasteiger partial charge on any atom is -0.311 e. The summed E-state index contributed by atoms with van der Waals surface area (Å²) in [5.41, 5.74) is 3.33. The highest BCUT2D eigenvalue weighted by Crippen LogP contribution is 2.29. The highest BCUT2D eigenvalue weighted by atomic mass is 15.0. The Hall–Kier alpha value is -0.820. The fraction of sp³-hybridized carbons (Fsp3) is 0.647. The van der Waals surface area contributed by atoms with Crippen LogP contribution in [0, 0.1) is 6.92 Å². The van der Waals surface area contributed by atoms with E-state index >= 15 is 0 Å². The van der Waals surface area contributed by atoms with Gasteiger partial charge in [0.25, 0.3) is 0 Å². The van der Waals surface area contributed by atoms with Crippen molar-refractivity contribution < 1.29 is 0 Å². The number of rotatable bonds is 4. The van der Waals surface area contributed by atoms with Gasteiger partial charge in [0.2, 0.25) is 0 Å². The predicted octanol–water partition coefficient (Wildman–Crippen LogP) is 4.24. The zero-order valence-electron chi connectivity index (χ0n) is 12.0. The molecule has 0 radical (unpaired) electrons. The summed E-state index contributed by atoms with van der Waals surface area (Å²) >= 11 is 0. The van der Waals surface area contributed by atoms with Gasteiger partial charge in [-0.15, -0.1) is 0 Å². The number of hydrogen-bond acceptors (Lipinski definition) is 1. The molecule has 1 fully saturated rings. The van der Waals surface area contributed by atoms with Crippen molar-refractivity contribution in [3.63, 3.8) is 0 Å². The quantitative estimate of drug-likeness (QED) is 0.836. The second kappa shape index (κ2) is 6.38. The normalized spacial score (nSPS) is 24.8. The van der Waals surface area contributed by atoms with Gasteiger partial charge in [-0.1, -0.05) is 50.5 Å². The fourth-order valence-electron chi connectivity index (χ4n) is 3.31. The van der Waals surface area contributed by atoms with E-state index in [1.807, 2.05) is 0 Å². The largest absolute Gasteiger partial charge is 0.311 e. The minimum absolute atomic E-state index is 0.358. The molecule has 1 heterocycles. The van der Waals surface area contributed by atoms with Crippen molar-refractivity contribution >= 4 is 0 Å². The highest BCUT2D eigenvalue weighted by Gasteiger charge is 2.30.